The zero-order valence-corrected chi connectivity index (χ0v) is 49.6. The van der Waals surface area contributed by atoms with Crippen LogP contribution in [0.15, 0.2) is 0 Å². The minimum Gasteiger partial charge on any atom is -0.756 e. The van der Waals surface area contributed by atoms with Crippen molar-refractivity contribution in [2.45, 2.75) is 353 Å². The standard InChI is InChI=1S/C62H127N2O6P/c1-6-8-10-12-14-16-18-20-22-23-24-25-26-27-28-29-30-31-32-33-34-35-36-37-38-39-40-42-44-46-48-50-52-54-56-62(66)63-60(59-70-71(67,68)69-58-57-64(3,4)5)61(65)55-53-51-49-47-45-43-41-21-19-17-15-13-11-9-7-2/h60-61,65H,6-59H2,1-5H3,(H-,63,66,67,68)/t60-,61+/m0/s1. The largest absolute Gasteiger partial charge is 0.756 e. The van der Waals surface area contributed by atoms with Crippen molar-refractivity contribution in [3.8, 4) is 0 Å². The second-order valence-electron chi connectivity index (χ2n) is 23.5. The molecule has 1 amide bonds. The van der Waals surface area contributed by atoms with Crippen LogP contribution in [0.3, 0.4) is 0 Å². The first-order chi connectivity index (χ1) is 34.5. The molecule has 1 unspecified atom stereocenters. The summed E-state index contributed by atoms with van der Waals surface area (Å²) in [6, 6.07) is -0.795. The van der Waals surface area contributed by atoms with Gasteiger partial charge in [0.05, 0.1) is 39.9 Å². The smallest absolute Gasteiger partial charge is 0.268 e. The van der Waals surface area contributed by atoms with Gasteiger partial charge in [-0.3, -0.25) is 9.36 Å². The summed E-state index contributed by atoms with van der Waals surface area (Å²) in [7, 11) is 1.33. The van der Waals surface area contributed by atoms with Crippen LogP contribution in [-0.2, 0) is 18.4 Å². The maximum atomic E-state index is 13.0. The summed E-state index contributed by atoms with van der Waals surface area (Å²) in [4.78, 5) is 25.5. The average Bonchev–Trinajstić information content (AvgIpc) is 3.33. The lowest BCUT2D eigenvalue weighted by atomic mass is 10.0. The first kappa shape index (κ1) is 70.5. The average molecular weight is 1030 g/mol. The fraction of sp³-hybridized carbons (Fsp3) is 0.984. The summed E-state index contributed by atoms with van der Waals surface area (Å²) in [6.45, 7) is 4.78. The molecule has 0 aliphatic carbocycles. The molecule has 8 nitrogen and oxygen atoms in total. The summed E-state index contributed by atoms with van der Waals surface area (Å²) in [5, 5.41) is 14.0. The number of carbonyl (C=O) groups is 1. The molecule has 3 atom stereocenters. The Morgan fingerprint density at radius 1 is 0.437 bits per heavy atom. The van der Waals surface area contributed by atoms with Crippen LogP contribution in [0.5, 0.6) is 0 Å². The molecular weight excluding hydrogens is 900 g/mol. The van der Waals surface area contributed by atoms with Crippen LogP contribution < -0.4 is 10.2 Å². The van der Waals surface area contributed by atoms with E-state index in [0.29, 0.717) is 23.9 Å². The third kappa shape index (κ3) is 57.1. The number of amides is 1. The third-order valence-corrected chi connectivity index (χ3v) is 16.1. The van der Waals surface area contributed by atoms with Gasteiger partial charge >= 0.3 is 0 Å². The number of aliphatic hydroxyl groups is 1. The van der Waals surface area contributed by atoms with Crippen LogP contribution in [0.4, 0.5) is 0 Å². The minimum absolute atomic E-state index is 0.0166. The van der Waals surface area contributed by atoms with E-state index in [1.165, 1.54) is 276 Å². The molecule has 0 spiro atoms. The Morgan fingerprint density at radius 2 is 0.690 bits per heavy atom. The van der Waals surface area contributed by atoms with E-state index in [4.69, 9.17) is 9.05 Å². The molecule has 0 bridgehead atoms. The normalized spacial score (nSPS) is 13.7. The molecule has 0 aromatic heterocycles. The molecule has 0 aromatic carbocycles. The van der Waals surface area contributed by atoms with Crippen molar-refractivity contribution >= 4 is 13.7 Å². The molecule has 0 aliphatic heterocycles. The van der Waals surface area contributed by atoms with Crippen LogP contribution in [-0.4, -0.2) is 68.5 Å². The molecule has 0 saturated carbocycles. The van der Waals surface area contributed by atoms with Crippen molar-refractivity contribution < 1.29 is 32.9 Å². The molecule has 2 N–H and O–H groups in total. The van der Waals surface area contributed by atoms with Gasteiger partial charge < -0.3 is 28.8 Å². The molecule has 0 aromatic rings. The predicted molar refractivity (Wildman–Crippen MR) is 307 cm³/mol. The summed E-state index contributed by atoms with van der Waals surface area (Å²) >= 11 is 0. The molecule has 426 valence electrons. The number of hydrogen-bond acceptors (Lipinski definition) is 6. The van der Waals surface area contributed by atoms with Crippen molar-refractivity contribution in [1.82, 2.24) is 5.32 Å². The molecule has 71 heavy (non-hydrogen) atoms. The Morgan fingerprint density at radius 3 is 0.958 bits per heavy atom. The Hall–Kier alpha value is -0.500. The lowest BCUT2D eigenvalue weighted by molar-refractivity contribution is -0.870. The number of nitrogens with one attached hydrogen (secondary N) is 1. The van der Waals surface area contributed by atoms with E-state index in [1.54, 1.807) is 0 Å². The van der Waals surface area contributed by atoms with Crippen LogP contribution in [0.2, 0.25) is 0 Å². The number of likely N-dealkylation sites (N-methyl/N-ethyl adjacent to an activating group) is 1. The Bertz CT molecular complexity index is 1120. The van der Waals surface area contributed by atoms with Crippen molar-refractivity contribution in [2.24, 2.45) is 0 Å². The molecule has 0 rings (SSSR count). The topological polar surface area (TPSA) is 108 Å². The van der Waals surface area contributed by atoms with Gasteiger partial charge in [0, 0.05) is 6.42 Å². The first-order valence-electron chi connectivity index (χ1n) is 31.9. The fourth-order valence-electron chi connectivity index (χ4n) is 10.1. The summed E-state index contributed by atoms with van der Waals surface area (Å²) in [5.41, 5.74) is 0. The van der Waals surface area contributed by atoms with Crippen molar-refractivity contribution in [2.75, 3.05) is 40.9 Å². The second-order valence-corrected chi connectivity index (χ2v) is 24.9. The highest BCUT2D eigenvalue weighted by molar-refractivity contribution is 7.45. The number of quaternary nitrogens is 1. The molecule has 0 aliphatic rings. The number of aliphatic hydroxyl groups excluding tert-OH is 1. The molecule has 0 radical (unpaired) electrons. The zero-order chi connectivity index (χ0) is 52.0. The van der Waals surface area contributed by atoms with Crippen LogP contribution in [0.25, 0.3) is 0 Å². The van der Waals surface area contributed by atoms with Gasteiger partial charge in [0.15, 0.2) is 0 Å². The van der Waals surface area contributed by atoms with Crippen LogP contribution in [0.1, 0.15) is 341 Å². The van der Waals surface area contributed by atoms with E-state index in [1.807, 2.05) is 21.1 Å². The maximum Gasteiger partial charge on any atom is 0.268 e. The van der Waals surface area contributed by atoms with Crippen LogP contribution in [0, 0.1) is 0 Å². The highest BCUT2D eigenvalue weighted by atomic mass is 31.2. The number of phosphoric ester groups is 1. The summed E-state index contributed by atoms with van der Waals surface area (Å²) in [6.07, 6.45) is 66.0. The first-order valence-corrected chi connectivity index (χ1v) is 33.3. The van der Waals surface area contributed by atoms with Gasteiger partial charge in [0.25, 0.3) is 7.82 Å². The second kappa shape index (κ2) is 54.3. The summed E-state index contributed by atoms with van der Waals surface area (Å²) < 4.78 is 23.4. The van der Waals surface area contributed by atoms with Crippen molar-refractivity contribution in [1.29, 1.82) is 0 Å². The summed E-state index contributed by atoms with van der Waals surface area (Å²) in [5.74, 6) is -0.156. The Labute approximate surface area is 444 Å². The van der Waals surface area contributed by atoms with E-state index < -0.39 is 20.0 Å². The Balaban J connectivity index is 3.90. The van der Waals surface area contributed by atoms with Crippen LogP contribution >= 0.6 is 7.82 Å². The minimum atomic E-state index is -4.57. The van der Waals surface area contributed by atoms with Gasteiger partial charge in [-0.1, -0.05) is 322 Å². The van der Waals surface area contributed by atoms with Gasteiger partial charge in [0.1, 0.15) is 13.2 Å². The molecular formula is C62H127N2O6P. The number of phosphoric acid groups is 1. The third-order valence-electron chi connectivity index (χ3n) is 15.1. The SMILES string of the molecule is CCCCCCCCCCCCCCCCCCCCCCCCCCCCCCCCCCCCC(=O)N[C@@H](COP(=O)([O-])OCC[N+](C)(C)C)[C@H](O)CCCCCCCCCCCCCCCCC. The van der Waals surface area contributed by atoms with E-state index in [-0.39, 0.29) is 19.1 Å². The highest BCUT2D eigenvalue weighted by Crippen LogP contribution is 2.38. The number of nitrogens with zero attached hydrogens (tertiary/aromatic N) is 1. The highest BCUT2D eigenvalue weighted by Gasteiger charge is 2.24. The van der Waals surface area contributed by atoms with Crippen molar-refractivity contribution in [3.05, 3.63) is 0 Å². The number of hydrogen-bond donors (Lipinski definition) is 2. The molecule has 0 heterocycles. The quantitative estimate of drug-likeness (QED) is 0.0357. The van der Waals surface area contributed by atoms with E-state index in [0.717, 1.165) is 38.5 Å². The zero-order valence-electron chi connectivity index (χ0n) is 48.7. The fourth-order valence-corrected chi connectivity index (χ4v) is 10.8. The van der Waals surface area contributed by atoms with Gasteiger partial charge in [-0.25, -0.2) is 0 Å². The van der Waals surface area contributed by atoms with Gasteiger partial charge in [-0.2, -0.15) is 0 Å². The lowest BCUT2D eigenvalue weighted by Gasteiger charge is -2.30. The number of rotatable bonds is 60. The van der Waals surface area contributed by atoms with Gasteiger partial charge in [0.2, 0.25) is 5.91 Å². The maximum absolute atomic E-state index is 13.0. The van der Waals surface area contributed by atoms with Gasteiger partial charge in [-0.15, -0.1) is 0 Å². The van der Waals surface area contributed by atoms with E-state index in [2.05, 4.69) is 19.2 Å². The number of unbranched alkanes of at least 4 members (excludes halogenated alkanes) is 47. The molecule has 0 saturated heterocycles. The van der Waals surface area contributed by atoms with E-state index in [9.17, 15) is 19.4 Å². The monoisotopic (exact) mass is 1030 g/mol. The molecule has 9 heteroatoms. The van der Waals surface area contributed by atoms with E-state index >= 15 is 0 Å². The molecule has 0 fully saturated rings. The van der Waals surface area contributed by atoms with Crippen molar-refractivity contribution in [3.63, 3.8) is 0 Å². The lowest BCUT2D eigenvalue weighted by Crippen LogP contribution is -2.46. The predicted octanol–water partition coefficient (Wildman–Crippen LogP) is 19.0. The Kier molecular flexibility index (Phi) is 53.9. The number of carbonyl (C=O) groups excluding carboxylic acids is 1. The van der Waals surface area contributed by atoms with Gasteiger partial charge in [-0.05, 0) is 12.8 Å².